The minimum Gasteiger partial charge on any atom is -0.340 e. The summed E-state index contributed by atoms with van der Waals surface area (Å²) in [6, 6.07) is 12.3. The van der Waals surface area contributed by atoms with Gasteiger partial charge in [-0.15, -0.1) is 0 Å². The van der Waals surface area contributed by atoms with E-state index in [1.54, 1.807) is 6.07 Å². The maximum atomic E-state index is 13.2. The van der Waals surface area contributed by atoms with Gasteiger partial charge in [-0.25, -0.2) is 4.39 Å². The average molecular weight is 397 g/mol. The molecule has 2 amide bonds. The Morgan fingerprint density at radius 3 is 2.31 bits per heavy atom. The number of carbonyl (C=O) groups excluding carboxylic acids is 2. The van der Waals surface area contributed by atoms with E-state index >= 15 is 0 Å². The molecular formula is C23H28FN3O2. The van der Waals surface area contributed by atoms with E-state index in [0.29, 0.717) is 45.6 Å². The highest BCUT2D eigenvalue weighted by Crippen LogP contribution is 2.19. The maximum Gasteiger partial charge on any atom is 0.238 e. The van der Waals surface area contributed by atoms with Crippen LogP contribution in [0.3, 0.4) is 0 Å². The number of carbonyl (C=O) groups is 2. The zero-order valence-corrected chi connectivity index (χ0v) is 17.1. The van der Waals surface area contributed by atoms with Crippen molar-refractivity contribution < 1.29 is 14.0 Å². The Bertz CT molecular complexity index is 856. The van der Waals surface area contributed by atoms with Crippen molar-refractivity contribution in [2.45, 2.75) is 26.7 Å². The molecule has 1 fully saturated rings. The van der Waals surface area contributed by atoms with Crippen LogP contribution >= 0.6 is 0 Å². The lowest BCUT2D eigenvalue weighted by atomic mass is 10.1. The quantitative estimate of drug-likeness (QED) is 0.815. The van der Waals surface area contributed by atoms with Gasteiger partial charge >= 0.3 is 0 Å². The molecule has 29 heavy (non-hydrogen) atoms. The Labute approximate surface area is 171 Å². The molecule has 6 heteroatoms. The van der Waals surface area contributed by atoms with E-state index in [9.17, 15) is 14.0 Å². The van der Waals surface area contributed by atoms with Gasteiger partial charge < -0.3 is 10.2 Å². The highest BCUT2D eigenvalue weighted by atomic mass is 19.1. The first-order valence-electron chi connectivity index (χ1n) is 10.0. The summed E-state index contributed by atoms with van der Waals surface area (Å²) in [4.78, 5) is 28.8. The van der Waals surface area contributed by atoms with Crippen LogP contribution < -0.4 is 5.32 Å². The van der Waals surface area contributed by atoms with Gasteiger partial charge in [0.15, 0.2) is 0 Å². The molecule has 3 rings (SSSR count). The minimum atomic E-state index is -0.275. The Morgan fingerprint density at radius 2 is 1.66 bits per heavy atom. The number of hydrogen-bond donors (Lipinski definition) is 1. The second kappa shape index (κ2) is 9.65. The topological polar surface area (TPSA) is 52.7 Å². The van der Waals surface area contributed by atoms with E-state index in [1.165, 1.54) is 12.1 Å². The predicted octanol–water partition coefficient (Wildman–Crippen LogP) is 3.16. The predicted molar refractivity (Wildman–Crippen MR) is 112 cm³/mol. The molecule has 1 saturated heterocycles. The van der Waals surface area contributed by atoms with Gasteiger partial charge in [-0.1, -0.05) is 30.3 Å². The first-order chi connectivity index (χ1) is 13.9. The van der Waals surface area contributed by atoms with Gasteiger partial charge in [0.25, 0.3) is 0 Å². The number of nitrogens with one attached hydrogen (secondary N) is 1. The molecule has 0 aliphatic carbocycles. The molecule has 1 aliphatic heterocycles. The molecule has 0 unspecified atom stereocenters. The molecule has 0 aromatic heterocycles. The third kappa shape index (κ3) is 5.87. The molecule has 0 saturated carbocycles. The van der Waals surface area contributed by atoms with E-state index < -0.39 is 0 Å². The molecule has 0 spiro atoms. The summed E-state index contributed by atoms with van der Waals surface area (Å²) in [7, 11) is 0. The molecule has 0 atom stereocenters. The second-order valence-electron chi connectivity index (χ2n) is 7.60. The van der Waals surface area contributed by atoms with E-state index in [1.807, 2.05) is 43.0 Å². The van der Waals surface area contributed by atoms with Crippen molar-refractivity contribution in [3.8, 4) is 0 Å². The SMILES string of the molecule is Cc1cccc(C)c1NC(=O)CN1CCN(C(=O)CCc2cccc(F)c2)CC1. The number of halogens is 1. The molecular weight excluding hydrogens is 369 g/mol. The van der Waals surface area contributed by atoms with Crippen molar-refractivity contribution in [3.63, 3.8) is 0 Å². The molecule has 1 heterocycles. The molecule has 154 valence electrons. The van der Waals surface area contributed by atoms with Crippen molar-refractivity contribution in [1.82, 2.24) is 9.80 Å². The van der Waals surface area contributed by atoms with Crippen LogP contribution in [0.5, 0.6) is 0 Å². The molecule has 1 N–H and O–H groups in total. The van der Waals surface area contributed by atoms with Crippen LogP contribution in [0.15, 0.2) is 42.5 Å². The number of hydrogen-bond acceptors (Lipinski definition) is 3. The van der Waals surface area contributed by atoms with Crippen LogP contribution in [0.2, 0.25) is 0 Å². The van der Waals surface area contributed by atoms with Gasteiger partial charge in [0.05, 0.1) is 6.54 Å². The lowest BCUT2D eigenvalue weighted by molar-refractivity contribution is -0.133. The number of amides is 2. The average Bonchev–Trinajstić information content (AvgIpc) is 2.70. The van der Waals surface area contributed by atoms with Crippen LogP contribution in [0.25, 0.3) is 0 Å². The highest BCUT2D eigenvalue weighted by Gasteiger charge is 2.22. The molecule has 0 radical (unpaired) electrons. The molecule has 1 aliphatic rings. The van der Waals surface area contributed by atoms with Gasteiger partial charge in [-0.2, -0.15) is 0 Å². The lowest BCUT2D eigenvalue weighted by Gasteiger charge is -2.34. The molecule has 2 aromatic rings. The van der Waals surface area contributed by atoms with Crippen LogP contribution in [0.1, 0.15) is 23.1 Å². The smallest absolute Gasteiger partial charge is 0.238 e. The fourth-order valence-electron chi connectivity index (χ4n) is 3.65. The number of benzene rings is 2. The lowest BCUT2D eigenvalue weighted by Crippen LogP contribution is -2.50. The van der Waals surface area contributed by atoms with Gasteiger partial charge in [0.1, 0.15) is 5.82 Å². The van der Waals surface area contributed by atoms with Crippen molar-refractivity contribution in [1.29, 1.82) is 0 Å². The van der Waals surface area contributed by atoms with Crippen LogP contribution in [-0.4, -0.2) is 54.3 Å². The summed E-state index contributed by atoms with van der Waals surface area (Å²) in [6.45, 7) is 6.85. The largest absolute Gasteiger partial charge is 0.340 e. The number of nitrogens with zero attached hydrogens (tertiary/aromatic N) is 2. The first-order valence-corrected chi connectivity index (χ1v) is 10.0. The summed E-state index contributed by atoms with van der Waals surface area (Å²) >= 11 is 0. The summed E-state index contributed by atoms with van der Waals surface area (Å²) in [5.74, 6) is -0.232. The monoisotopic (exact) mass is 397 g/mol. The fraction of sp³-hybridized carbons (Fsp3) is 0.391. The van der Waals surface area contributed by atoms with Crippen molar-refractivity contribution in [2.24, 2.45) is 0 Å². The third-order valence-corrected chi connectivity index (χ3v) is 5.35. The van der Waals surface area contributed by atoms with Crippen LogP contribution in [-0.2, 0) is 16.0 Å². The van der Waals surface area contributed by atoms with Crippen LogP contribution in [0, 0.1) is 19.7 Å². The zero-order chi connectivity index (χ0) is 20.8. The number of piperazine rings is 1. The Hall–Kier alpha value is -2.73. The fourth-order valence-corrected chi connectivity index (χ4v) is 3.65. The Kier molecular flexibility index (Phi) is 6.99. The van der Waals surface area contributed by atoms with Crippen molar-refractivity contribution >= 4 is 17.5 Å². The number of anilines is 1. The van der Waals surface area contributed by atoms with E-state index in [4.69, 9.17) is 0 Å². The summed E-state index contributed by atoms with van der Waals surface area (Å²) in [5.41, 5.74) is 3.81. The zero-order valence-electron chi connectivity index (χ0n) is 17.1. The standard InChI is InChI=1S/C23H28FN3O2/c1-17-5-3-6-18(2)23(17)25-21(28)16-26-11-13-27(14-12-26)22(29)10-9-19-7-4-8-20(24)15-19/h3-8,15H,9-14,16H2,1-2H3,(H,25,28). The molecule has 5 nitrogen and oxygen atoms in total. The second-order valence-corrected chi connectivity index (χ2v) is 7.60. The minimum absolute atomic E-state index is 0.0340. The maximum absolute atomic E-state index is 13.2. The van der Waals surface area contributed by atoms with Gasteiger partial charge in [0, 0.05) is 38.3 Å². The van der Waals surface area contributed by atoms with Gasteiger partial charge in [0.2, 0.25) is 11.8 Å². The normalized spacial score (nSPS) is 14.7. The first kappa shape index (κ1) is 21.0. The molecule has 0 bridgehead atoms. The third-order valence-electron chi connectivity index (χ3n) is 5.35. The number of para-hydroxylation sites is 1. The van der Waals surface area contributed by atoms with Crippen molar-refractivity contribution in [3.05, 3.63) is 65.0 Å². The highest BCUT2D eigenvalue weighted by molar-refractivity contribution is 5.93. The Balaban J connectivity index is 1.42. The van der Waals surface area contributed by atoms with Crippen LogP contribution in [0.4, 0.5) is 10.1 Å². The van der Waals surface area contributed by atoms with Crippen molar-refractivity contribution in [2.75, 3.05) is 38.0 Å². The molecule has 2 aromatic carbocycles. The van der Waals surface area contributed by atoms with E-state index in [2.05, 4.69) is 10.2 Å². The summed E-state index contributed by atoms with van der Waals surface area (Å²) in [6.07, 6.45) is 0.908. The van der Waals surface area contributed by atoms with E-state index in [0.717, 1.165) is 22.4 Å². The summed E-state index contributed by atoms with van der Waals surface area (Å²) in [5, 5.41) is 3.01. The summed E-state index contributed by atoms with van der Waals surface area (Å²) < 4.78 is 13.2. The van der Waals surface area contributed by atoms with Gasteiger partial charge in [-0.3, -0.25) is 14.5 Å². The number of rotatable bonds is 6. The number of aryl methyl sites for hydroxylation is 3. The Morgan fingerprint density at radius 1 is 1.00 bits per heavy atom. The van der Waals surface area contributed by atoms with E-state index in [-0.39, 0.29) is 17.6 Å². The van der Waals surface area contributed by atoms with Gasteiger partial charge in [-0.05, 0) is 49.1 Å².